The molecular weight excluding hydrogens is 475 g/mol. The zero-order valence-electron chi connectivity index (χ0n) is 21.7. The number of nitrogens with zero attached hydrogens (tertiary/aromatic N) is 4. The molecule has 0 aliphatic carbocycles. The summed E-state index contributed by atoms with van der Waals surface area (Å²) in [5.74, 6) is -0.365. The first-order valence-corrected chi connectivity index (χ1v) is 12.7. The molecule has 0 saturated carbocycles. The van der Waals surface area contributed by atoms with Gasteiger partial charge in [0, 0.05) is 37.9 Å². The van der Waals surface area contributed by atoms with Gasteiger partial charge >= 0.3 is 6.09 Å². The number of fused-ring (bicyclic) bond motifs is 1. The summed E-state index contributed by atoms with van der Waals surface area (Å²) in [7, 11) is 0. The van der Waals surface area contributed by atoms with Crippen LogP contribution in [-0.2, 0) is 22.5 Å². The maximum absolute atomic E-state index is 14.5. The zero-order valence-corrected chi connectivity index (χ0v) is 21.7. The van der Waals surface area contributed by atoms with E-state index in [1.807, 2.05) is 39.0 Å². The van der Waals surface area contributed by atoms with Crippen molar-refractivity contribution >= 4 is 29.5 Å². The van der Waals surface area contributed by atoms with E-state index in [2.05, 4.69) is 27.2 Å². The average Bonchev–Trinajstić information content (AvgIpc) is 3.07. The van der Waals surface area contributed by atoms with Gasteiger partial charge in [-0.3, -0.25) is 4.79 Å². The van der Waals surface area contributed by atoms with E-state index in [1.54, 1.807) is 9.80 Å². The molecule has 10 heteroatoms. The number of rotatable bonds is 5. The van der Waals surface area contributed by atoms with Crippen LogP contribution in [0.2, 0.25) is 0 Å². The van der Waals surface area contributed by atoms with Crippen molar-refractivity contribution in [2.75, 3.05) is 30.3 Å². The molecule has 37 heavy (non-hydrogen) atoms. The van der Waals surface area contributed by atoms with Crippen LogP contribution < -0.4 is 10.6 Å². The van der Waals surface area contributed by atoms with Crippen molar-refractivity contribution in [3.63, 3.8) is 0 Å². The van der Waals surface area contributed by atoms with Crippen molar-refractivity contribution in [3.05, 3.63) is 54.0 Å². The van der Waals surface area contributed by atoms with E-state index < -0.39 is 11.4 Å². The van der Waals surface area contributed by atoms with Crippen molar-refractivity contribution in [2.24, 2.45) is 0 Å². The molecular formula is C27H35FN6O3. The number of benzene rings is 1. The highest BCUT2D eigenvalue weighted by atomic mass is 19.1. The summed E-state index contributed by atoms with van der Waals surface area (Å²) in [6.07, 6.45) is 5.42. The van der Waals surface area contributed by atoms with Crippen LogP contribution in [0.4, 0.5) is 26.6 Å². The Morgan fingerprint density at radius 3 is 2.73 bits per heavy atom. The lowest BCUT2D eigenvalue weighted by Crippen LogP contribution is -2.44. The van der Waals surface area contributed by atoms with E-state index >= 15 is 0 Å². The Bertz CT molecular complexity index is 1170. The van der Waals surface area contributed by atoms with Gasteiger partial charge in [0.15, 0.2) is 11.6 Å². The van der Waals surface area contributed by atoms with Gasteiger partial charge in [-0.15, -0.1) is 0 Å². The lowest BCUT2D eigenvalue weighted by atomic mass is 10.0. The van der Waals surface area contributed by atoms with Gasteiger partial charge in [-0.1, -0.05) is 12.6 Å². The molecule has 1 saturated heterocycles. The number of nitrogens with one attached hydrogen (secondary N) is 2. The Kier molecular flexibility index (Phi) is 7.94. The zero-order chi connectivity index (χ0) is 26.6. The second-order valence-electron chi connectivity index (χ2n) is 10.5. The van der Waals surface area contributed by atoms with Gasteiger partial charge in [0.25, 0.3) is 0 Å². The normalized spacial score (nSPS) is 17.9. The molecule has 2 aromatic rings. The van der Waals surface area contributed by atoms with Crippen LogP contribution in [0.15, 0.2) is 37.1 Å². The second-order valence-corrected chi connectivity index (χ2v) is 10.5. The maximum atomic E-state index is 14.5. The molecule has 9 nitrogen and oxygen atoms in total. The molecule has 1 atom stereocenters. The Morgan fingerprint density at radius 1 is 1.19 bits per heavy atom. The quantitative estimate of drug-likeness (QED) is 0.566. The van der Waals surface area contributed by atoms with Crippen LogP contribution >= 0.6 is 0 Å². The van der Waals surface area contributed by atoms with Crippen molar-refractivity contribution in [1.29, 1.82) is 0 Å². The minimum absolute atomic E-state index is 0.0845. The number of anilines is 3. The van der Waals surface area contributed by atoms with E-state index in [9.17, 15) is 14.0 Å². The topological polar surface area (TPSA) is 99.7 Å². The number of piperidine rings is 1. The minimum atomic E-state index is -0.562. The van der Waals surface area contributed by atoms with Gasteiger partial charge < -0.3 is 25.2 Å². The number of halogens is 1. The van der Waals surface area contributed by atoms with Crippen molar-refractivity contribution in [3.8, 4) is 0 Å². The molecule has 4 rings (SSSR count). The number of aryl methyl sites for hydroxylation is 1. The fourth-order valence-electron chi connectivity index (χ4n) is 4.60. The second kappa shape index (κ2) is 11.1. The number of hydrogen-bond acceptors (Lipinski definition) is 7. The van der Waals surface area contributed by atoms with Gasteiger partial charge in [-0.05, 0) is 75.8 Å². The van der Waals surface area contributed by atoms with Gasteiger partial charge in [0.1, 0.15) is 5.60 Å². The summed E-state index contributed by atoms with van der Waals surface area (Å²) in [6, 6.07) is 5.81. The van der Waals surface area contributed by atoms with E-state index in [0.29, 0.717) is 26.2 Å². The number of likely N-dealkylation sites (tertiary alicyclic amines) is 1. The fraction of sp³-hybridized carbons (Fsp3) is 0.481. The first-order chi connectivity index (χ1) is 17.6. The number of aromatic nitrogens is 2. The number of carbonyl (C=O) groups excluding carboxylic acids is 2. The largest absolute Gasteiger partial charge is 0.444 e. The standard InChI is InChI=1S/C27H35FN6O3/c1-5-23(35)33-12-7-9-21(17-33)30-24-22(28)15-29-25(32-24)31-20-11-10-18-8-6-13-34(16-19(18)14-20)26(36)37-27(2,3)4/h5,10-11,14-15,21H,1,6-9,12-13,16-17H2,2-4H3,(H2,29,30,31,32)/t21-/m1/s1. The van der Waals surface area contributed by atoms with E-state index in [0.717, 1.165) is 43.1 Å². The van der Waals surface area contributed by atoms with Crippen molar-refractivity contribution < 1.29 is 18.7 Å². The highest BCUT2D eigenvalue weighted by Crippen LogP contribution is 2.26. The molecule has 2 aliphatic heterocycles. The fourth-order valence-corrected chi connectivity index (χ4v) is 4.60. The summed E-state index contributed by atoms with van der Waals surface area (Å²) in [5.41, 5.74) is 2.37. The number of ether oxygens (including phenoxy) is 1. The molecule has 0 unspecified atom stereocenters. The molecule has 2 aliphatic rings. The molecule has 198 valence electrons. The summed E-state index contributed by atoms with van der Waals surface area (Å²) < 4.78 is 20.1. The van der Waals surface area contributed by atoms with Crippen LogP contribution in [0.5, 0.6) is 0 Å². The van der Waals surface area contributed by atoms with Crippen LogP contribution in [-0.4, -0.2) is 63.0 Å². The van der Waals surface area contributed by atoms with Gasteiger partial charge in [0.05, 0.1) is 6.20 Å². The maximum Gasteiger partial charge on any atom is 0.410 e. The van der Waals surface area contributed by atoms with E-state index in [1.165, 1.54) is 11.6 Å². The van der Waals surface area contributed by atoms with Crippen molar-refractivity contribution in [1.82, 2.24) is 19.8 Å². The predicted octanol–water partition coefficient (Wildman–Crippen LogP) is 4.63. The van der Waals surface area contributed by atoms with Crippen LogP contribution in [0.1, 0.15) is 51.2 Å². The Morgan fingerprint density at radius 2 is 1.97 bits per heavy atom. The van der Waals surface area contributed by atoms with E-state index in [4.69, 9.17) is 4.74 Å². The first kappa shape index (κ1) is 26.4. The Labute approximate surface area is 217 Å². The van der Waals surface area contributed by atoms with Gasteiger partial charge in [-0.2, -0.15) is 4.98 Å². The van der Waals surface area contributed by atoms with Crippen molar-refractivity contribution in [2.45, 2.75) is 64.6 Å². The summed E-state index contributed by atoms with van der Waals surface area (Å²) in [5, 5.41) is 6.28. The average molecular weight is 511 g/mol. The summed E-state index contributed by atoms with van der Waals surface area (Å²) in [4.78, 5) is 36.5. The van der Waals surface area contributed by atoms with Gasteiger partial charge in [-0.25, -0.2) is 14.2 Å². The Balaban J connectivity index is 1.46. The summed E-state index contributed by atoms with van der Waals surface area (Å²) >= 11 is 0. The summed E-state index contributed by atoms with van der Waals surface area (Å²) in [6.45, 7) is 11.3. The third-order valence-electron chi connectivity index (χ3n) is 6.34. The predicted molar refractivity (Wildman–Crippen MR) is 140 cm³/mol. The Hall–Kier alpha value is -3.69. The third-order valence-corrected chi connectivity index (χ3v) is 6.34. The number of carbonyl (C=O) groups is 2. The highest BCUT2D eigenvalue weighted by Gasteiger charge is 2.25. The first-order valence-electron chi connectivity index (χ1n) is 12.7. The third kappa shape index (κ3) is 6.96. The number of amides is 2. The molecule has 1 fully saturated rings. The molecule has 0 spiro atoms. The molecule has 3 heterocycles. The molecule has 2 amide bonds. The van der Waals surface area contributed by atoms with Crippen LogP contribution in [0.3, 0.4) is 0 Å². The number of hydrogen-bond donors (Lipinski definition) is 2. The van der Waals surface area contributed by atoms with Crippen LogP contribution in [0, 0.1) is 5.82 Å². The van der Waals surface area contributed by atoms with Crippen LogP contribution in [0.25, 0.3) is 0 Å². The van der Waals surface area contributed by atoms with Gasteiger partial charge in [0.2, 0.25) is 11.9 Å². The molecule has 2 N–H and O–H groups in total. The minimum Gasteiger partial charge on any atom is -0.444 e. The lowest BCUT2D eigenvalue weighted by molar-refractivity contribution is -0.127. The molecule has 0 bridgehead atoms. The molecule has 0 radical (unpaired) electrons. The SMILES string of the molecule is C=CC(=O)N1CCC[C@@H](Nc2nc(Nc3ccc4c(c3)CN(C(=O)OC(C)(C)C)CCC4)ncc2F)C1. The smallest absolute Gasteiger partial charge is 0.410 e. The lowest BCUT2D eigenvalue weighted by Gasteiger charge is -2.32. The molecule has 1 aromatic heterocycles. The van der Waals surface area contributed by atoms with E-state index in [-0.39, 0.29) is 29.8 Å². The monoisotopic (exact) mass is 510 g/mol. The molecule has 1 aromatic carbocycles. The highest BCUT2D eigenvalue weighted by molar-refractivity contribution is 5.87.